The first-order valence-corrected chi connectivity index (χ1v) is 11.2. The molecule has 0 bridgehead atoms. The summed E-state index contributed by atoms with van der Waals surface area (Å²) >= 11 is 6.16. The minimum absolute atomic E-state index is 0.0486. The molecule has 170 valence electrons. The summed E-state index contributed by atoms with van der Waals surface area (Å²) in [5.41, 5.74) is 2.34. The van der Waals surface area contributed by atoms with E-state index >= 15 is 0 Å². The average Bonchev–Trinajstić information content (AvgIpc) is 3.28. The number of nitrogens with zero attached hydrogens (tertiary/aromatic N) is 6. The maximum Gasteiger partial charge on any atom is 0.173 e. The summed E-state index contributed by atoms with van der Waals surface area (Å²) in [5.74, 6) is 1.76. The predicted octanol–water partition coefficient (Wildman–Crippen LogP) is 2.89. The van der Waals surface area contributed by atoms with E-state index in [0.717, 1.165) is 49.9 Å². The number of tetrazole rings is 1. The van der Waals surface area contributed by atoms with E-state index in [2.05, 4.69) is 49.6 Å². The molecule has 1 aliphatic heterocycles. The van der Waals surface area contributed by atoms with Crippen LogP contribution in [0.25, 0.3) is 0 Å². The van der Waals surface area contributed by atoms with E-state index in [1.807, 2.05) is 28.9 Å². The second-order valence-corrected chi connectivity index (χ2v) is 8.27. The number of piperazine rings is 1. The lowest BCUT2D eigenvalue weighted by Gasteiger charge is -2.39. The number of methoxy groups -OCH3 is 2. The number of rotatable bonds is 9. The van der Waals surface area contributed by atoms with E-state index < -0.39 is 0 Å². The van der Waals surface area contributed by atoms with Gasteiger partial charge in [-0.2, -0.15) is 0 Å². The number of hydrogen-bond donors (Lipinski definition) is 0. The van der Waals surface area contributed by atoms with Crippen LogP contribution >= 0.6 is 11.6 Å². The van der Waals surface area contributed by atoms with E-state index in [9.17, 15) is 0 Å². The SMILES string of the molecule is COCCn1nnnc1[C@H](c1ccc(Cl)cc1)N1CCN(Cc2ccccc2OC)CC1. The van der Waals surface area contributed by atoms with Crippen molar-refractivity contribution in [3.05, 3.63) is 70.5 Å². The molecule has 3 aromatic rings. The van der Waals surface area contributed by atoms with Crippen molar-refractivity contribution in [2.75, 3.05) is 47.0 Å². The number of ether oxygens (including phenoxy) is 2. The van der Waals surface area contributed by atoms with Crippen molar-refractivity contribution < 1.29 is 9.47 Å². The van der Waals surface area contributed by atoms with Gasteiger partial charge in [0.05, 0.1) is 26.3 Å². The third-order valence-electron chi connectivity index (χ3n) is 5.86. The molecule has 1 aromatic heterocycles. The van der Waals surface area contributed by atoms with Crippen molar-refractivity contribution in [3.8, 4) is 5.75 Å². The minimum Gasteiger partial charge on any atom is -0.496 e. The molecule has 1 fully saturated rings. The van der Waals surface area contributed by atoms with Gasteiger partial charge in [-0.15, -0.1) is 5.10 Å². The van der Waals surface area contributed by atoms with Gasteiger partial charge in [-0.3, -0.25) is 9.80 Å². The largest absolute Gasteiger partial charge is 0.496 e. The van der Waals surface area contributed by atoms with Crippen LogP contribution < -0.4 is 4.74 Å². The van der Waals surface area contributed by atoms with Crippen molar-refractivity contribution in [3.63, 3.8) is 0 Å². The molecule has 0 saturated carbocycles. The summed E-state index contributed by atoms with van der Waals surface area (Å²) in [5, 5.41) is 13.3. The zero-order valence-electron chi connectivity index (χ0n) is 18.5. The second kappa shape index (κ2) is 10.9. The number of aromatic nitrogens is 4. The highest BCUT2D eigenvalue weighted by Crippen LogP contribution is 2.29. The van der Waals surface area contributed by atoms with Gasteiger partial charge in [0.1, 0.15) is 5.75 Å². The van der Waals surface area contributed by atoms with Gasteiger partial charge in [-0.25, -0.2) is 4.68 Å². The summed E-state index contributed by atoms with van der Waals surface area (Å²) in [6, 6.07) is 16.1. The molecular weight excluding hydrogens is 428 g/mol. The van der Waals surface area contributed by atoms with E-state index in [1.165, 1.54) is 5.56 Å². The molecule has 9 heteroatoms. The predicted molar refractivity (Wildman–Crippen MR) is 123 cm³/mol. The molecule has 0 unspecified atom stereocenters. The molecule has 1 aliphatic rings. The number of para-hydroxylation sites is 1. The Kier molecular flexibility index (Phi) is 7.70. The lowest BCUT2D eigenvalue weighted by atomic mass is 10.0. The molecule has 2 aromatic carbocycles. The zero-order chi connectivity index (χ0) is 22.3. The van der Waals surface area contributed by atoms with Crippen LogP contribution in [0.1, 0.15) is 23.0 Å². The zero-order valence-corrected chi connectivity index (χ0v) is 19.3. The Morgan fingerprint density at radius 2 is 1.75 bits per heavy atom. The molecule has 0 N–H and O–H groups in total. The summed E-state index contributed by atoms with van der Waals surface area (Å²) in [6.07, 6.45) is 0. The average molecular weight is 457 g/mol. The summed E-state index contributed by atoms with van der Waals surface area (Å²) in [6.45, 7) is 5.73. The molecule has 4 rings (SSSR count). The fourth-order valence-corrected chi connectivity index (χ4v) is 4.29. The number of hydrogen-bond acceptors (Lipinski definition) is 7. The van der Waals surface area contributed by atoms with E-state index in [1.54, 1.807) is 14.2 Å². The standard InChI is InChI=1S/C23H29ClN6O2/c1-31-16-15-30-23(25-26-27-30)22(18-7-9-20(24)10-8-18)29-13-11-28(12-14-29)17-19-5-3-4-6-21(19)32-2/h3-10,22H,11-17H2,1-2H3/t22-/m0/s1. The Balaban J connectivity index is 1.52. The Hall–Kier alpha value is -2.52. The molecule has 1 atom stereocenters. The van der Waals surface area contributed by atoms with Gasteiger partial charge in [-0.05, 0) is 34.2 Å². The smallest absolute Gasteiger partial charge is 0.173 e. The highest BCUT2D eigenvalue weighted by Gasteiger charge is 2.30. The van der Waals surface area contributed by atoms with Gasteiger partial charge in [0, 0.05) is 50.4 Å². The molecular formula is C23H29ClN6O2. The van der Waals surface area contributed by atoms with E-state index in [4.69, 9.17) is 21.1 Å². The van der Waals surface area contributed by atoms with Crippen LogP contribution in [-0.4, -0.2) is 77.0 Å². The first-order valence-electron chi connectivity index (χ1n) is 10.8. The molecule has 0 spiro atoms. The van der Waals surface area contributed by atoms with Crippen LogP contribution in [0.15, 0.2) is 48.5 Å². The second-order valence-electron chi connectivity index (χ2n) is 7.83. The third-order valence-corrected chi connectivity index (χ3v) is 6.11. The van der Waals surface area contributed by atoms with E-state index in [-0.39, 0.29) is 6.04 Å². The van der Waals surface area contributed by atoms with Crippen molar-refractivity contribution in [2.45, 2.75) is 19.1 Å². The summed E-state index contributed by atoms with van der Waals surface area (Å²) < 4.78 is 12.6. The Morgan fingerprint density at radius 3 is 2.47 bits per heavy atom. The molecule has 0 aliphatic carbocycles. The molecule has 0 radical (unpaired) electrons. The van der Waals surface area contributed by atoms with Crippen molar-refractivity contribution in [2.24, 2.45) is 0 Å². The highest BCUT2D eigenvalue weighted by molar-refractivity contribution is 6.30. The van der Waals surface area contributed by atoms with E-state index in [0.29, 0.717) is 18.2 Å². The van der Waals surface area contributed by atoms with Crippen molar-refractivity contribution >= 4 is 11.6 Å². The normalized spacial score (nSPS) is 16.2. The number of halogens is 1. The molecule has 2 heterocycles. The monoisotopic (exact) mass is 456 g/mol. The number of benzene rings is 2. The van der Waals surface area contributed by atoms with Crippen LogP contribution in [0, 0.1) is 0 Å². The van der Waals surface area contributed by atoms with Gasteiger partial charge < -0.3 is 9.47 Å². The lowest BCUT2D eigenvalue weighted by Crippen LogP contribution is -2.48. The van der Waals surface area contributed by atoms with Crippen LogP contribution in [-0.2, 0) is 17.8 Å². The van der Waals surface area contributed by atoms with Gasteiger partial charge in [-0.1, -0.05) is 41.9 Å². The first-order chi connectivity index (χ1) is 15.7. The van der Waals surface area contributed by atoms with Crippen LogP contribution in [0.5, 0.6) is 5.75 Å². The van der Waals surface area contributed by atoms with Crippen LogP contribution in [0.4, 0.5) is 0 Å². The quantitative estimate of drug-likeness (QED) is 0.490. The third kappa shape index (κ3) is 5.27. The van der Waals surface area contributed by atoms with Gasteiger partial charge in [0.15, 0.2) is 5.82 Å². The topological polar surface area (TPSA) is 68.5 Å². The van der Waals surface area contributed by atoms with Crippen molar-refractivity contribution in [1.82, 2.24) is 30.0 Å². The molecule has 32 heavy (non-hydrogen) atoms. The minimum atomic E-state index is -0.0486. The Labute approximate surface area is 193 Å². The van der Waals surface area contributed by atoms with Crippen molar-refractivity contribution in [1.29, 1.82) is 0 Å². The maximum absolute atomic E-state index is 6.16. The Morgan fingerprint density at radius 1 is 1.00 bits per heavy atom. The first kappa shape index (κ1) is 22.7. The maximum atomic E-state index is 6.16. The summed E-state index contributed by atoms with van der Waals surface area (Å²) in [4.78, 5) is 4.90. The fraction of sp³-hybridized carbons (Fsp3) is 0.435. The van der Waals surface area contributed by atoms with Crippen LogP contribution in [0.3, 0.4) is 0 Å². The summed E-state index contributed by atoms with van der Waals surface area (Å²) in [7, 11) is 3.41. The molecule has 1 saturated heterocycles. The molecule has 8 nitrogen and oxygen atoms in total. The van der Waals surface area contributed by atoms with Gasteiger partial charge in [0.25, 0.3) is 0 Å². The fourth-order valence-electron chi connectivity index (χ4n) is 4.17. The lowest BCUT2D eigenvalue weighted by molar-refractivity contribution is 0.0983. The van der Waals surface area contributed by atoms with Gasteiger partial charge in [0.2, 0.25) is 0 Å². The van der Waals surface area contributed by atoms with Crippen LogP contribution in [0.2, 0.25) is 5.02 Å². The van der Waals surface area contributed by atoms with Gasteiger partial charge >= 0.3 is 0 Å². The molecule has 0 amide bonds. The highest BCUT2D eigenvalue weighted by atomic mass is 35.5. The Bertz CT molecular complexity index is 988.